The molecule has 0 bridgehead atoms. The Labute approximate surface area is 127 Å². The lowest BCUT2D eigenvalue weighted by Crippen LogP contribution is -2.36. The number of piperidine rings is 1. The van der Waals surface area contributed by atoms with Gasteiger partial charge in [-0.3, -0.25) is 5.10 Å². The van der Waals surface area contributed by atoms with E-state index in [2.05, 4.69) is 21.2 Å². The first-order chi connectivity index (χ1) is 9.88. The average molecular weight is 314 g/mol. The predicted molar refractivity (Wildman–Crippen MR) is 83.8 cm³/mol. The molecule has 120 valence electrons. The minimum Gasteiger partial charge on any atom is -0.303 e. The number of H-pyrrole nitrogens is 1. The van der Waals surface area contributed by atoms with E-state index in [-0.39, 0.29) is 5.75 Å². The summed E-state index contributed by atoms with van der Waals surface area (Å²) in [5.41, 5.74) is 2.23. The van der Waals surface area contributed by atoms with Crippen molar-refractivity contribution in [3.05, 3.63) is 17.5 Å². The number of rotatable bonds is 6. The maximum atomic E-state index is 11.8. The van der Waals surface area contributed by atoms with Gasteiger partial charge in [0, 0.05) is 32.3 Å². The van der Waals surface area contributed by atoms with Crippen LogP contribution < -0.4 is 0 Å². The molecule has 21 heavy (non-hydrogen) atoms. The van der Waals surface area contributed by atoms with Crippen LogP contribution in [0.5, 0.6) is 0 Å². The molecule has 6 nitrogen and oxygen atoms in total. The molecule has 7 heteroatoms. The van der Waals surface area contributed by atoms with E-state index in [0.717, 1.165) is 43.9 Å². The molecule has 1 aromatic heterocycles. The molecule has 0 radical (unpaired) electrons. The summed E-state index contributed by atoms with van der Waals surface area (Å²) >= 11 is 0. The Hall–Kier alpha value is -0.920. The molecule has 1 aliphatic heterocycles. The first-order valence-corrected chi connectivity index (χ1v) is 9.14. The van der Waals surface area contributed by atoms with Gasteiger partial charge in [0.1, 0.15) is 0 Å². The zero-order valence-electron chi connectivity index (χ0n) is 13.2. The molecule has 1 aliphatic rings. The Morgan fingerprint density at radius 1 is 1.48 bits per heavy atom. The van der Waals surface area contributed by atoms with Crippen molar-refractivity contribution in [2.75, 3.05) is 39.5 Å². The monoisotopic (exact) mass is 314 g/mol. The highest BCUT2D eigenvalue weighted by Crippen LogP contribution is 2.25. The third-order valence-corrected chi connectivity index (χ3v) is 6.00. The molecule has 0 aliphatic carbocycles. The highest BCUT2D eigenvalue weighted by molar-refractivity contribution is 7.89. The molecule has 1 unspecified atom stereocenters. The summed E-state index contributed by atoms with van der Waals surface area (Å²) in [5, 5.41) is 7.37. The normalized spacial score (nSPS) is 21.0. The van der Waals surface area contributed by atoms with Crippen molar-refractivity contribution in [2.24, 2.45) is 0 Å². The lowest BCUT2D eigenvalue weighted by Gasteiger charge is -2.31. The van der Waals surface area contributed by atoms with Crippen LogP contribution in [0.15, 0.2) is 6.07 Å². The van der Waals surface area contributed by atoms with Gasteiger partial charge in [-0.25, -0.2) is 12.7 Å². The molecule has 0 amide bonds. The number of hydrogen-bond donors (Lipinski definition) is 1. The van der Waals surface area contributed by atoms with E-state index in [0.29, 0.717) is 12.3 Å². The highest BCUT2D eigenvalue weighted by atomic mass is 32.2. The second-order valence-electron chi connectivity index (χ2n) is 6.07. The molecule has 2 heterocycles. The zero-order valence-corrected chi connectivity index (χ0v) is 14.0. The highest BCUT2D eigenvalue weighted by Gasteiger charge is 2.23. The number of nitrogens with one attached hydrogen (secondary N) is 1. The summed E-state index contributed by atoms with van der Waals surface area (Å²) in [6, 6.07) is 2.12. The van der Waals surface area contributed by atoms with Crippen molar-refractivity contribution in [2.45, 2.75) is 32.1 Å². The summed E-state index contributed by atoms with van der Waals surface area (Å²) in [6.07, 6.45) is 3.00. The quantitative estimate of drug-likeness (QED) is 0.856. The number of aromatic nitrogens is 2. The van der Waals surface area contributed by atoms with Crippen LogP contribution in [-0.2, 0) is 10.0 Å². The molecule has 1 saturated heterocycles. The van der Waals surface area contributed by atoms with Crippen molar-refractivity contribution >= 4 is 10.0 Å². The third kappa shape index (κ3) is 4.52. The minimum atomic E-state index is -3.07. The van der Waals surface area contributed by atoms with Gasteiger partial charge < -0.3 is 4.90 Å². The van der Waals surface area contributed by atoms with Crippen molar-refractivity contribution in [3.63, 3.8) is 0 Å². The second-order valence-corrected chi connectivity index (χ2v) is 8.37. The van der Waals surface area contributed by atoms with Crippen LogP contribution in [0.3, 0.4) is 0 Å². The number of likely N-dealkylation sites (tertiary alicyclic amines) is 1. The van der Waals surface area contributed by atoms with E-state index in [4.69, 9.17) is 0 Å². The van der Waals surface area contributed by atoms with E-state index in [9.17, 15) is 8.42 Å². The number of aromatic amines is 1. The van der Waals surface area contributed by atoms with Crippen LogP contribution in [0.1, 0.15) is 36.6 Å². The lowest BCUT2D eigenvalue weighted by atomic mass is 9.94. The van der Waals surface area contributed by atoms with E-state index >= 15 is 0 Å². The zero-order chi connectivity index (χ0) is 15.5. The van der Waals surface area contributed by atoms with E-state index in [1.807, 2.05) is 6.92 Å². The minimum absolute atomic E-state index is 0.225. The molecule has 0 spiro atoms. The molecule has 1 aromatic rings. The SMILES string of the molecule is Cc1cc(C2CCCN(CCCS(=O)(=O)N(C)C)C2)n[nH]1. The van der Waals surface area contributed by atoms with Crippen LogP contribution in [-0.4, -0.2) is 67.3 Å². The van der Waals surface area contributed by atoms with Gasteiger partial charge in [0.15, 0.2) is 0 Å². The fourth-order valence-electron chi connectivity index (χ4n) is 2.80. The van der Waals surface area contributed by atoms with Crippen LogP contribution in [0.4, 0.5) is 0 Å². The van der Waals surface area contributed by atoms with E-state index in [1.54, 1.807) is 14.1 Å². The third-order valence-electron chi connectivity index (χ3n) is 4.08. The maximum Gasteiger partial charge on any atom is 0.213 e. The predicted octanol–water partition coefficient (Wildman–Crippen LogP) is 1.18. The standard InChI is InChI=1S/C14H26N4O2S/c1-12-10-14(16-15-12)13-6-4-7-18(11-13)8-5-9-21(19,20)17(2)3/h10,13H,4-9,11H2,1-3H3,(H,15,16). The Morgan fingerprint density at radius 2 is 2.24 bits per heavy atom. The molecular formula is C14H26N4O2S. The average Bonchev–Trinajstić information content (AvgIpc) is 2.85. The van der Waals surface area contributed by atoms with Gasteiger partial charge in [0.25, 0.3) is 0 Å². The van der Waals surface area contributed by atoms with Gasteiger partial charge in [-0.15, -0.1) is 0 Å². The van der Waals surface area contributed by atoms with Crippen molar-refractivity contribution in [1.82, 2.24) is 19.4 Å². The molecule has 0 saturated carbocycles. The van der Waals surface area contributed by atoms with Gasteiger partial charge in [-0.2, -0.15) is 5.10 Å². The summed E-state index contributed by atoms with van der Waals surface area (Å²) in [4.78, 5) is 2.36. The van der Waals surface area contributed by atoms with Crippen LogP contribution >= 0.6 is 0 Å². The molecule has 2 rings (SSSR count). The molecule has 1 atom stereocenters. The number of aryl methyl sites for hydroxylation is 1. The molecule has 0 aromatic carbocycles. The van der Waals surface area contributed by atoms with Gasteiger partial charge in [0.05, 0.1) is 11.4 Å². The van der Waals surface area contributed by atoms with Crippen molar-refractivity contribution in [1.29, 1.82) is 0 Å². The van der Waals surface area contributed by atoms with Crippen molar-refractivity contribution in [3.8, 4) is 0 Å². The molecule has 1 fully saturated rings. The Balaban J connectivity index is 1.82. The van der Waals surface area contributed by atoms with Gasteiger partial charge in [-0.1, -0.05) is 0 Å². The second kappa shape index (κ2) is 6.89. The smallest absolute Gasteiger partial charge is 0.213 e. The fourth-order valence-corrected chi connectivity index (χ4v) is 3.66. The summed E-state index contributed by atoms with van der Waals surface area (Å²) in [5.74, 6) is 0.692. The Kier molecular flexibility index (Phi) is 5.40. The number of hydrogen-bond acceptors (Lipinski definition) is 4. The Morgan fingerprint density at radius 3 is 2.86 bits per heavy atom. The van der Waals surface area contributed by atoms with Gasteiger partial charge >= 0.3 is 0 Å². The molecular weight excluding hydrogens is 288 g/mol. The Bertz CT molecular complexity index is 553. The van der Waals surface area contributed by atoms with Crippen molar-refractivity contribution < 1.29 is 8.42 Å². The molecule has 1 N–H and O–H groups in total. The number of sulfonamides is 1. The largest absolute Gasteiger partial charge is 0.303 e. The van der Waals surface area contributed by atoms with Gasteiger partial charge in [0.2, 0.25) is 10.0 Å². The van der Waals surface area contributed by atoms with E-state index in [1.165, 1.54) is 4.31 Å². The summed E-state index contributed by atoms with van der Waals surface area (Å²) < 4.78 is 24.8. The van der Waals surface area contributed by atoms with Gasteiger partial charge in [-0.05, 0) is 45.3 Å². The van der Waals surface area contributed by atoms with Crippen LogP contribution in [0.2, 0.25) is 0 Å². The van der Waals surface area contributed by atoms with Crippen LogP contribution in [0, 0.1) is 6.92 Å². The maximum absolute atomic E-state index is 11.8. The topological polar surface area (TPSA) is 69.3 Å². The summed E-state index contributed by atoms with van der Waals surface area (Å²) in [7, 11) is 0.107. The first-order valence-electron chi connectivity index (χ1n) is 7.53. The summed E-state index contributed by atoms with van der Waals surface area (Å²) in [6.45, 7) is 4.89. The lowest BCUT2D eigenvalue weighted by molar-refractivity contribution is 0.206. The first kappa shape index (κ1) is 16.5. The number of nitrogens with zero attached hydrogens (tertiary/aromatic N) is 3. The van der Waals surface area contributed by atoms with Crippen LogP contribution in [0.25, 0.3) is 0 Å². The fraction of sp³-hybridized carbons (Fsp3) is 0.786. The van der Waals surface area contributed by atoms with E-state index < -0.39 is 10.0 Å².